The molecule has 1 fully saturated rings. The van der Waals surface area contributed by atoms with Gasteiger partial charge in [-0.05, 0) is 12.1 Å². The molecule has 2 N–H and O–H groups in total. The van der Waals surface area contributed by atoms with Gasteiger partial charge in [0.2, 0.25) is 5.13 Å². The van der Waals surface area contributed by atoms with Crippen LogP contribution in [0.1, 0.15) is 5.01 Å². The van der Waals surface area contributed by atoms with E-state index in [-0.39, 0.29) is 18.2 Å². The Morgan fingerprint density at radius 2 is 1.86 bits per heavy atom. The molecule has 0 unspecified atom stereocenters. The summed E-state index contributed by atoms with van der Waals surface area (Å²) in [5.74, 6) is -0.143. The van der Waals surface area contributed by atoms with E-state index in [9.17, 15) is 4.39 Å². The van der Waals surface area contributed by atoms with E-state index in [0.29, 0.717) is 10.8 Å². The number of nitrogens with zero attached hydrogens (tertiary/aromatic N) is 4. The molecule has 0 saturated carbocycles. The van der Waals surface area contributed by atoms with Crippen LogP contribution in [-0.4, -0.2) is 47.8 Å². The third kappa shape index (κ3) is 4.06. The van der Waals surface area contributed by atoms with E-state index < -0.39 is 0 Å². The van der Waals surface area contributed by atoms with Crippen molar-refractivity contribution >= 4 is 34.6 Å². The number of halogens is 2. The van der Waals surface area contributed by atoms with Crippen LogP contribution in [-0.2, 0) is 6.42 Å². The highest BCUT2D eigenvalue weighted by atomic mass is 35.5. The Hall–Kier alpha value is -1.44. The quantitative estimate of drug-likeness (QED) is 0.920. The van der Waals surface area contributed by atoms with Gasteiger partial charge in [-0.1, -0.05) is 23.5 Å². The smallest absolute Gasteiger partial charge is 0.203 e. The lowest BCUT2D eigenvalue weighted by Gasteiger charge is -2.36. The first-order chi connectivity index (χ1) is 10.2. The Labute approximate surface area is 139 Å². The molecular formula is C14H19ClFN5S. The van der Waals surface area contributed by atoms with Crippen LogP contribution in [0, 0.1) is 5.82 Å². The van der Waals surface area contributed by atoms with E-state index in [2.05, 4.69) is 20.0 Å². The minimum absolute atomic E-state index is 0. The Morgan fingerprint density at radius 3 is 2.50 bits per heavy atom. The summed E-state index contributed by atoms with van der Waals surface area (Å²) in [6, 6.07) is 6.96. The molecule has 2 heterocycles. The van der Waals surface area contributed by atoms with Gasteiger partial charge in [0.15, 0.2) is 0 Å². The fourth-order valence-electron chi connectivity index (χ4n) is 2.54. The van der Waals surface area contributed by atoms with Crippen molar-refractivity contribution in [3.8, 4) is 0 Å². The molecule has 0 amide bonds. The molecule has 0 spiro atoms. The summed E-state index contributed by atoms with van der Waals surface area (Å²) in [5.41, 5.74) is 6.28. The molecule has 0 aliphatic carbocycles. The van der Waals surface area contributed by atoms with E-state index in [1.807, 2.05) is 12.1 Å². The van der Waals surface area contributed by atoms with E-state index in [1.54, 1.807) is 6.07 Å². The molecule has 0 radical (unpaired) electrons. The summed E-state index contributed by atoms with van der Waals surface area (Å²) in [6.07, 6.45) is 0.870. The monoisotopic (exact) mass is 343 g/mol. The van der Waals surface area contributed by atoms with Crippen molar-refractivity contribution in [1.29, 1.82) is 0 Å². The van der Waals surface area contributed by atoms with Gasteiger partial charge in [0.05, 0.1) is 5.69 Å². The van der Waals surface area contributed by atoms with Crippen LogP contribution in [0.4, 0.5) is 15.2 Å². The van der Waals surface area contributed by atoms with Crippen molar-refractivity contribution in [3.63, 3.8) is 0 Å². The minimum atomic E-state index is -0.143. The minimum Gasteiger partial charge on any atom is -0.374 e. The van der Waals surface area contributed by atoms with E-state index in [1.165, 1.54) is 17.4 Å². The van der Waals surface area contributed by atoms with Gasteiger partial charge in [-0.25, -0.2) is 4.39 Å². The maximum Gasteiger partial charge on any atom is 0.203 e. The van der Waals surface area contributed by atoms with Crippen LogP contribution in [0.25, 0.3) is 0 Å². The van der Waals surface area contributed by atoms with Crippen LogP contribution in [0.5, 0.6) is 0 Å². The summed E-state index contributed by atoms with van der Waals surface area (Å²) in [6.45, 7) is 4.50. The maximum atomic E-state index is 13.8. The molecule has 1 aliphatic heterocycles. The van der Waals surface area contributed by atoms with Gasteiger partial charge in [0.25, 0.3) is 0 Å². The number of nitrogen functional groups attached to an aromatic ring is 1. The van der Waals surface area contributed by atoms with E-state index in [4.69, 9.17) is 5.73 Å². The van der Waals surface area contributed by atoms with Crippen LogP contribution >= 0.6 is 23.7 Å². The second-order valence-corrected chi connectivity index (χ2v) is 6.16. The third-order valence-electron chi connectivity index (χ3n) is 3.69. The van der Waals surface area contributed by atoms with Gasteiger partial charge in [-0.15, -0.1) is 22.6 Å². The Balaban J connectivity index is 0.00000176. The third-order valence-corrected chi connectivity index (χ3v) is 4.50. The second-order valence-electron chi connectivity index (χ2n) is 5.06. The number of para-hydroxylation sites is 1. The van der Waals surface area contributed by atoms with Crippen molar-refractivity contribution in [3.05, 3.63) is 35.1 Å². The Morgan fingerprint density at radius 1 is 1.14 bits per heavy atom. The fourth-order valence-corrected chi connectivity index (χ4v) is 3.14. The molecule has 3 rings (SSSR count). The fraction of sp³-hybridized carbons (Fsp3) is 0.429. The highest BCUT2D eigenvalue weighted by Crippen LogP contribution is 2.20. The lowest BCUT2D eigenvalue weighted by Crippen LogP contribution is -2.47. The van der Waals surface area contributed by atoms with Crippen molar-refractivity contribution < 1.29 is 4.39 Å². The topological polar surface area (TPSA) is 58.3 Å². The molecule has 5 nitrogen and oxygen atoms in total. The van der Waals surface area contributed by atoms with Crippen molar-refractivity contribution in [2.45, 2.75) is 6.42 Å². The molecule has 2 aromatic rings. The average molecular weight is 344 g/mol. The van der Waals surface area contributed by atoms with Crippen molar-refractivity contribution in [2.24, 2.45) is 0 Å². The first kappa shape index (κ1) is 16.9. The zero-order chi connectivity index (χ0) is 14.7. The van der Waals surface area contributed by atoms with Crippen LogP contribution in [0.3, 0.4) is 0 Å². The number of anilines is 2. The first-order valence-electron chi connectivity index (χ1n) is 7.02. The Kier molecular flexibility index (Phi) is 5.93. The SMILES string of the molecule is Cl.Nc1nnc(CCN2CCN(c3ccccc3F)CC2)s1. The average Bonchev–Trinajstić information content (AvgIpc) is 2.92. The lowest BCUT2D eigenvalue weighted by molar-refractivity contribution is 0.260. The zero-order valence-corrected chi connectivity index (χ0v) is 13.7. The summed E-state index contributed by atoms with van der Waals surface area (Å²) in [7, 11) is 0. The molecule has 1 aromatic carbocycles. The van der Waals surface area contributed by atoms with Crippen LogP contribution < -0.4 is 10.6 Å². The normalized spacial score (nSPS) is 15.6. The molecule has 0 bridgehead atoms. The molecular weight excluding hydrogens is 325 g/mol. The number of benzene rings is 1. The maximum absolute atomic E-state index is 13.8. The molecule has 120 valence electrons. The predicted octanol–water partition coefficient (Wildman–Crippen LogP) is 2.05. The second kappa shape index (κ2) is 7.71. The van der Waals surface area contributed by atoms with E-state index >= 15 is 0 Å². The van der Waals surface area contributed by atoms with Crippen molar-refractivity contribution in [1.82, 2.24) is 15.1 Å². The number of hydrogen-bond donors (Lipinski definition) is 1. The van der Waals surface area contributed by atoms with Gasteiger partial charge in [0, 0.05) is 39.1 Å². The van der Waals surface area contributed by atoms with Crippen LogP contribution in [0.15, 0.2) is 24.3 Å². The number of aromatic nitrogens is 2. The molecule has 1 saturated heterocycles. The largest absolute Gasteiger partial charge is 0.374 e. The van der Waals surface area contributed by atoms with Gasteiger partial charge >= 0.3 is 0 Å². The highest BCUT2D eigenvalue weighted by Gasteiger charge is 2.19. The van der Waals surface area contributed by atoms with E-state index in [0.717, 1.165) is 44.2 Å². The van der Waals surface area contributed by atoms with Crippen molar-refractivity contribution in [2.75, 3.05) is 43.4 Å². The van der Waals surface area contributed by atoms with Crippen LogP contribution in [0.2, 0.25) is 0 Å². The van der Waals surface area contributed by atoms with Gasteiger partial charge in [0.1, 0.15) is 10.8 Å². The standard InChI is InChI=1S/C14H18FN5S.ClH/c15-11-3-1-2-4-12(11)20-9-7-19(8-10-20)6-5-13-17-18-14(16)21-13;/h1-4H,5-10H2,(H2,16,18);1H. The number of rotatable bonds is 4. The summed E-state index contributed by atoms with van der Waals surface area (Å²) in [5, 5.41) is 9.35. The predicted molar refractivity (Wildman–Crippen MR) is 90.3 cm³/mol. The van der Waals surface area contributed by atoms with Gasteiger partial charge < -0.3 is 10.6 Å². The van der Waals surface area contributed by atoms with Gasteiger partial charge in [-0.2, -0.15) is 0 Å². The van der Waals surface area contributed by atoms with Gasteiger partial charge in [-0.3, -0.25) is 4.90 Å². The summed E-state index contributed by atoms with van der Waals surface area (Å²) in [4.78, 5) is 4.48. The highest BCUT2D eigenvalue weighted by molar-refractivity contribution is 7.15. The molecule has 8 heteroatoms. The lowest BCUT2D eigenvalue weighted by atomic mass is 10.2. The molecule has 0 atom stereocenters. The zero-order valence-electron chi connectivity index (χ0n) is 12.1. The molecule has 1 aliphatic rings. The molecule has 22 heavy (non-hydrogen) atoms. The summed E-state index contributed by atoms with van der Waals surface area (Å²) >= 11 is 1.44. The number of nitrogens with two attached hydrogens (primary N) is 1. The molecule has 1 aromatic heterocycles. The summed E-state index contributed by atoms with van der Waals surface area (Å²) < 4.78 is 13.8. The number of piperazine rings is 1. The first-order valence-corrected chi connectivity index (χ1v) is 7.84. The number of hydrogen-bond acceptors (Lipinski definition) is 6. The Bertz CT molecular complexity index is 600.